The van der Waals surface area contributed by atoms with E-state index in [4.69, 9.17) is 17.3 Å². The fourth-order valence-corrected chi connectivity index (χ4v) is 1.30. The highest BCUT2D eigenvalue weighted by atomic mass is 35.5. The third-order valence-electron chi connectivity index (χ3n) is 2.25. The Morgan fingerprint density at radius 1 is 1.60 bits per heavy atom. The Morgan fingerprint density at radius 3 is 2.87 bits per heavy atom. The summed E-state index contributed by atoms with van der Waals surface area (Å²) in [7, 11) is 0. The molecule has 0 radical (unpaired) electrons. The fraction of sp³-hybridized carbons (Fsp3) is 0.364. The average Bonchev–Trinajstić information content (AvgIpc) is 2.21. The Kier molecular flexibility index (Phi) is 3.97. The molecule has 1 atom stereocenters. The van der Waals surface area contributed by atoms with Crippen LogP contribution in [0.4, 0.5) is 5.69 Å². The number of rotatable bonds is 3. The van der Waals surface area contributed by atoms with Gasteiger partial charge in [0.2, 0.25) is 0 Å². The quantitative estimate of drug-likeness (QED) is 0.778. The van der Waals surface area contributed by atoms with Gasteiger partial charge in [0.05, 0.1) is 5.56 Å². The number of hydrogen-bond acceptors (Lipinski definition) is 2. The van der Waals surface area contributed by atoms with Gasteiger partial charge in [-0.05, 0) is 31.5 Å². The first-order chi connectivity index (χ1) is 7.04. The summed E-state index contributed by atoms with van der Waals surface area (Å²) in [6, 6.07) is 5.01. The van der Waals surface area contributed by atoms with E-state index in [1.54, 1.807) is 18.2 Å². The second-order valence-corrected chi connectivity index (χ2v) is 3.95. The predicted octanol–water partition coefficient (Wildman–Crippen LogP) is 2.45. The molecule has 1 aromatic rings. The molecule has 3 N–H and O–H groups in total. The number of hydrogen-bond donors (Lipinski definition) is 2. The number of carbonyl (C=O) groups is 1. The van der Waals surface area contributed by atoms with Crippen LogP contribution in [0.1, 0.15) is 30.6 Å². The highest BCUT2D eigenvalue weighted by Crippen LogP contribution is 2.17. The molecule has 0 aliphatic heterocycles. The van der Waals surface area contributed by atoms with Gasteiger partial charge in [-0.3, -0.25) is 4.79 Å². The van der Waals surface area contributed by atoms with Crippen molar-refractivity contribution in [1.29, 1.82) is 0 Å². The minimum atomic E-state index is -0.177. The minimum Gasteiger partial charge on any atom is -0.398 e. The Bertz CT molecular complexity index is 366. The van der Waals surface area contributed by atoms with Crippen molar-refractivity contribution >= 4 is 23.2 Å². The number of nitrogens with one attached hydrogen (secondary N) is 1. The summed E-state index contributed by atoms with van der Waals surface area (Å²) in [4.78, 5) is 11.7. The first kappa shape index (κ1) is 11.9. The number of halogens is 1. The zero-order chi connectivity index (χ0) is 11.4. The first-order valence-corrected chi connectivity index (χ1v) is 5.28. The molecule has 0 aromatic heterocycles. The molecule has 15 heavy (non-hydrogen) atoms. The smallest absolute Gasteiger partial charge is 0.253 e. The molecule has 82 valence electrons. The van der Waals surface area contributed by atoms with Crippen LogP contribution in [0.2, 0.25) is 5.02 Å². The minimum absolute atomic E-state index is 0.135. The van der Waals surface area contributed by atoms with Crippen LogP contribution in [0.25, 0.3) is 0 Å². The Morgan fingerprint density at radius 2 is 2.27 bits per heavy atom. The van der Waals surface area contributed by atoms with Gasteiger partial charge in [-0.25, -0.2) is 0 Å². The number of carbonyl (C=O) groups excluding carboxylic acids is 1. The summed E-state index contributed by atoms with van der Waals surface area (Å²) in [6.45, 7) is 3.95. The summed E-state index contributed by atoms with van der Waals surface area (Å²) in [5, 5.41) is 3.35. The fourth-order valence-electron chi connectivity index (χ4n) is 1.13. The molecule has 0 saturated heterocycles. The maximum Gasteiger partial charge on any atom is 0.253 e. The van der Waals surface area contributed by atoms with Gasteiger partial charge in [-0.2, -0.15) is 0 Å². The van der Waals surface area contributed by atoms with Gasteiger partial charge in [0.25, 0.3) is 5.91 Å². The van der Waals surface area contributed by atoms with E-state index in [1.165, 1.54) is 0 Å². The standard InChI is InChI=1S/C11H15ClN2O/c1-3-7(2)14-11(15)9-6-8(12)4-5-10(9)13/h4-7H,3,13H2,1-2H3,(H,14,15). The summed E-state index contributed by atoms with van der Waals surface area (Å²) in [6.07, 6.45) is 0.881. The molecule has 0 heterocycles. The van der Waals surface area contributed by atoms with Crippen molar-refractivity contribution in [3.05, 3.63) is 28.8 Å². The van der Waals surface area contributed by atoms with Crippen molar-refractivity contribution in [3.63, 3.8) is 0 Å². The summed E-state index contributed by atoms with van der Waals surface area (Å²) in [5.74, 6) is -0.177. The van der Waals surface area contributed by atoms with Gasteiger partial charge >= 0.3 is 0 Å². The Labute approximate surface area is 94.6 Å². The normalized spacial score (nSPS) is 12.2. The third kappa shape index (κ3) is 3.13. The van der Waals surface area contributed by atoms with Crippen molar-refractivity contribution in [2.45, 2.75) is 26.3 Å². The second-order valence-electron chi connectivity index (χ2n) is 3.51. The van der Waals surface area contributed by atoms with Gasteiger partial charge in [0.1, 0.15) is 0 Å². The van der Waals surface area contributed by atoms with E-state index in [2.05, 4.69) is 5.32 Å². The molecule has 0 bridgehead atoms. The maximum absolute atomic E-state index is 11.7. The molecule has 3 nitrogen and oxygen atoms in total. The van der Waals surface area contributed by atoms with Crippen LogP contribution in [0.15, 0.2) is 18.2 Å². The lowest BCUT2D eigenvalue weighted by atomic mass is 10.1. The summed E-state index contributed by atoms with van der Waals surface area (Å²) < 4.78 is 0. The number of nitrogen functional groups attached to an aromatic ring is 1. The van der Waals surface area contributed by atoms with Gasteiger partial charge in [-0.15, -0.1) is 0 Å². The molecule has 0 aliphatic rings. The van der Waals surface area contributed by atoms with Gasteiger partial charge < -0.3 is 11.1 Å². The molecule has 1 aromatic carbocycles. The van der Waals surface area contributed by atoms with Crippen molar-refractivity contribution < 1.29 is 4.79 Å². The Hall–Kier alpha value is -1.22. The maximum atomic E-state index is 11.7. The van der Waals surface area contributed by atoms with Gasteiger partial charge in [0.15, 0.2) is 0 Å². The molecule has 1 amide bonds. The molecule has 0 fully saturated rings. The Balaban J connectivity index is 2.86. The van der Waals surface area contributed by atoms with Crippen molar-refractivity contribution in [2.24, 2.45) is 0 Å². The van der Waals surface area contributed by atoms with Crippen LogP contribution >= 0.6 is 11.6 Å². The lowest BCUT2D eigenvalue weighted by Crippen LogP contribution is -2.32. The summed E-state index contributed by atoms with van der Waals surface area (Å²) in [5.41, 5.74) is 6.57. The largest absolute Gasteiger partial charge is 0.398 e. The number of amides is 1. The molecule has 1 rings (SSSR count). The van der Waals surface area contributed by atoms with Crippen LogP contribution < -0.4 is 11.1 Å². The van der Waals surface area contributed by atoms with Crippen LogP contribution in [-0.2, 0) is 0 Å². The third-order valence-corrected chi connectivity index (χ3v) is 2.48. The number of nitrogens with two attached hydrogens (primary N) is 1. The zero-order valence-electron chi connectivity index (χ0n) is 8.88. The molecular weight excluding hydrogens is 212 g/mol. The average molecular weight is 227 g/mol. The highest BCUT2D eigenvalue weighted by molar-refractivity contribution is 6.31. The van der Waals surface area contributed by atoms with Crippen molar-refractivity contribution in [2.75, 3.05) is 5.73 Å². The van der Waals surface area contributed by atoms with Gasteiger partial charge in [-0.1, -0.05) is 18.5 Å². The van der Waals surface area contributed by atoms with Crippen molar-refractivity contribution in [1.82, 2.24) is 5.32 Å². The van der Waals surface area contributed by atoms with E-state index in [1.807, 2.05) is 13.8 Å². The lowest BCUT2D eigenvalue weighted by molar-refractivity contribution is 0.0940. The topological polar surface area (TPSA) is 55.1 Å². The van der Waals surface area contributed by atoms with E-state index >= 15 is 0 Å². The molecule has 0 aliphatic carbocycles. The molecular formula is C11H15ClN2O. The molecule has 0 saturated carbocycles. The summed E-state index contributed by atoms with van der Waals surface area (Å²) >= 11 is 5.80. The molecule has 4 heteroatoms. The molecule has 1 unspecified atom stereocenters. The van der Waals surface area contributed by atoms with E-state index < -0.39 is 0 Å². The second kappa shape index (κ2) is 5.03. The monoisotopic (exact) mass is 226 g/mol. The van der Waals surface area contributed by atoms with Gasteiger partial charge in [0, 0.05) is 16.8 Å². The number of anilines is 1. The van der Waals surface area contributed by atoms with E-state index in [-0.39, 0.29) is 11.9 Å². The SMILES string of the molecule is CCC(C)NC(=O)c1cc(Cl)ccc1N. The van der Waals surface area contributed by atoms with E-state index in [0.717, 1.165) is 6.42 Å². The number of benzene rings is 1. The molecule has 0 spiro atoms. The van der Waals surface area contributed by atoms with Crippen LogP contribution in [0, 0.1) is 0 Å². The predicted molar refractivity (Wildman–Crippen MR) is 63.1 cm³/mol. The lowest BCUT2D eigenvalue weighted by Gasteiger charge is -2.12. The first-order valence-electron chi connectivity index (χ1n) is 4.90. The van der Waals surface area contributed by atoms with E-state index in [9.17, 15) is 4.79 Å². The van der Waals surface area contributed by atoms with Crippen LogP contribution in [-0.4, -0.2) is 11.9 Å². The van der Waals surface area contributed by atoms with Crippen molar-refractivity contribution in [3.8, 4) is 0 Å². The van der Waals surface area contributed by atoms with Crippen LogP contribution in [0.5, 0.6) is 0 Å². The highest BCUT2D eigenvalue weighted by Gasteiger charge is 2.11. The van der Waals surface area contributed by atoms with E-state index in [0.29, 0.717) is 16.3 Å². The van der Waals surface area contributed by atoms with Crippen LogP contribution in [0.3, 0.4) is 0 Å². The zero-order valence-corrected chi connectivity index (χ0v) is 9.64.